The second-order valence-corrected chi connectivity index (χ2v) is 4.50. The van der Waals surface area contributed by atoms with E-state index in [2.05, 4.69) is 24.3 Å². The van der Waals surface area contributed by atoms with Gasteiger partial charge in [-0.1, -0.05) is 24.3 Å². The lowest BCUT2D eigenvalue weighted by atomic mass is 9.72. The van der Waals surface area contributed by atoms with E-state index in [0.717, 1.165) is 19.3 Å². The minimum absolute atomic E-state index is 0.0708. The number of benzene rings is 1. The molecule has 0 spiro atoms. The van der Waals surface area contributed by atoms with Crippen molar-refractivity contribution in [1.82, 2.24) is 0 Å². The van der Waals surface area contributed by atoms with Crippen LogP contribution >= 0.6 is 0 Å². The number of aryl methyl sites for hydroxylation is 1. The fourth-order valence-corrected chi connectivity index (χ4v) is 2.12. The van der Waals surface area contributed by atoms with Crippen molar-refractivity contribution >= 4 is 0 Å². The molecule has 0 atom stereocenters. The minimum atomic E-state index is -0.234. The van der Waals surface area contributed by atoms with Crippen LogP contribution in [0.5, 0.6) is 0 Å². The van der Waals surface area contributed by atoms with E-state index in [-0.39, 0.29) is 12.2 Å². The van der Waals surface area contributed by atoms with Crippen molar-refractivity contribution in [2.75, 3.05) is 6.67 Å². The van der Waals surface area contributed by atoms with Gasteiger partial charge in [-0.05, 0) is 43.2 Å². The van der Waals surface area contributed by atoms with E-state index < -0.39 is 0 Å². The molecule has 2 N–H and O–H groups in total. The lowest BCUT2D eigenvalue weighted by molar-refractivity contribution is 0.253. The molecule has 2 heteroatoms. The molecule has 15 heavy (non-hydrogen) atoms. The predicted molar refractivity (Wildman–Crippen MR) is 60.5 cm³/mol. The topological polar surface area (TPSA) is 26.0 Å². The summed E-state index contributed by atoms with van der Waals surface area (Å²) < 4.78 is 12.0. The van der Waals surface area contributed by atoms with Gasteiger partial charge in [0.05, 0.1) is 6.67 Å². The van der Waals surface area contributed by atoms with Crippen LogP contribution in [0.25, 0.3) is 0 Å². The van der Waals surface area contributed by atoms with E-state index in [4.69, 9.17) is 5.73 Å². The van der Waals surface area contributed by atoms with Crippen molar-refractivity contribution < 1.29 is 4.39 Å². The third-order valence-corrected chi connectivity index (χ3v) is 3.37. The molecule has 1 aromatic carbocycles. The number of hydrogen-bond donors (Lipinski definition) is 1. The first-order valence-electron chi connectivity index (χ1n) is 5.69. The predicted octanol–water partition coefficient (Wildman–Crippen LogP) is 2.93. The molecular weight excluding hydrogens is 189 g/mol. The van der Waals surface area contributed by atoms with E-state index in [1.54, 1.807) is 0 Å². The van der Waals surface area contributed by atoms with E-state index in [1.165, 1.54) is 17.5 Å². The lowest BCUT2D eigenvalue weighted by Crippen LogP contribution is -2.43. The maximum atomic E-state index is 12.0. The molecule has 1 saturated carbocycles. The van der Waals surface area contributed by atoms with Crippen molar-refractivity contribution in [2.45, 2.75) is 37.6 Å². The van der Waals surface area contributed by atoms with E-state index >= 15 is 0 Å². The summed E-state index contributed by atoms with van der Waals surface area (Å²) in [6.07, 6.45) is 4.87. The van der Waals surface area contributed by atoms with Gasteiger partial charge in [-0.3, -0.25) is 4.39 Å². The lowest BCUT2D eigenvalue weighted by Gasteiger charge is -2.38. The quantitative estimate of drug-likeness (QED) is 0.807. The minimum Gasteiger partial charge on any atom is -0.321 e. The maximum absolute atomic E-state index is 12.0. The molecule has 2 rings (SSSR count). The van der Waals surface area contributed by atoms with Gasteiger partial charge in [0.15, 0.2) is 0 Å². The third-order valence-electron chi connectivity index (χ3n) is 3.37. The van der Waals surface area contributed by atoms with Crippen LogP contribution < -0.4 is 5.73 Å². The highest BCUT2D eigenvalue weighted by Gasteiger charge is 2.33. The van der Waals surface area contributed by atoms with Gasteiger partial charge < -0.3 is 5.73 Å². The van der Waals surface area contributed by atoms with Crippen molar-refractivity contribution in [3.05, 3.63) is 35.4 Å². The Bertz CT molecular complexity index is 314. The first kappa shape index (κ1) is 10.6. The second-order valence-electron chi connectivity index (χ2n) is 4.50. The Labute approximate surface area is 90.5 Å². The smallest absolute Gasteiger partial charge is 0.0897 e. The molecule has 0 unspecified atom stereocenters. The molecule has 82 valence electrons. The fourth-order valence-electron chi connectivity index (χ4n) is 2.12. The zero-order valence-electron chi connectivity index (χ0n) is 9.01. The summed E-state index contributed by atoms with van der Waals surface area (Å²) in [6, 6.07) is 8.37. The first-order valence-corrected chi connectivity index (χ1v) is 5.69. The molecule has 0 aliphatic heterocycles. The van der Waals surface area contributed by atoms with Crippen LogP contribution in [-0.4, -0.2) is 6.67 Å². The van der Waals surface area contributed by atoms with Gasteiger partial charge >= 0.3 is 0 Å². The third kappa shape index (κ3) is 2.20. The first-order chi connectivity index (χ1) is 7.24. The van der Waals surface area contributed by atoms with Gasteiger partial charge in [0.2, 0.25) is 0 Å². The molecule has 1 nitrogen and oxygen atoms in total. The summed E-state index contributed by atoms with van der Waals surface area (Å²) >= 11 is 0. The SMILES string of the molecule is NC1(c2ccc(CCCF)cc2)CCC1. The molecule has 0 radical (unpaired) electrons. The monoisotopic (exact) mass is 207 g/mol. The van der Waals surface area contributed by atoms with Crippen molar-refractivity contribution in [2.24, 2.45) is 5.73 Å². The molecule has 0 heterocycles. The van der Waals surface area contributed by atoms with Gasteiger partial charge in [-0.2, -0.15) is 0 Å². The van der Waals surface area contributed by atoms with Crippen LogP contribution in [0.2, 0.25) is 0 Å². The molecule has 0 aromatic heterocycles. The zero-order chi connectivity index (χ0) is 10.7. The largest absolute Gasteiger partial charge is 0.321 e. The Morgan fingerprint density at radius 1 is 1.20 bits per heavy atom. The van der Waals surface area contributed by atoms with E-state index in [1.807, 2.05) is 0 Å². The Kier molecular flexibility index (Phi) is 3.06. The highest BCUT2D eigenvalue weighted by atomic mass is 19.1. The van der Waals surface area contributed by atoms with Gasteiger partial charge in [0, 0.05) is 5.54 Å². The van der Waals surface area contributed by atoms with Crippen LogP contribution in [0.4, 0.5) is 4.39 Å². The number of alkyl halides is 1. The summed E-state index contributed by atoms with van der Waals surface area (Å²) in [5.41, 5.74) is 8.59. The number of halogens is 1. The molecule has 0 amide bonds. The Balaban J connectivity index is 2.03. The molecule has 0 bridgehead atoms. The number of nitrogens with two attached hydrogens (primary N) is 1. The number of hydrogen-bond acceptors (Lipinski definition) is 1. The normalized spacial score (nSPS) is 18.5. The summed E-state index contributed by atoms with van der Waals surface area (Å²) in [5.74, 6) is 0. The van der Waals surface area contributed by atoms with Crippen molar-refractivity contribution in [3.63, 3.8) is 0 Å². The van der Waals surface area contributed by atoms with Crippen LogP contribution in [0.3, 0.4) is 0 Å². The summed E-state index contributed by atoms with van der Waals surface area (Å²) in [5, 5.41) is 0. The van der Waals surface area contributed by atoms with Crippen LogP contribution in [-0.2, 0) is 12.0 Å². The van der Waals surface area contributed by atoms with E-state index in [0.29, 0.717) is 6.42 Å². The second kappa shape index (κ2) is 4.31. The molecule has 1 fully saturated rings. The molecular formula is C13H18FN. The zero-order valence-corrected chi connectivity index (χ0v) is 9.01. The summed E-state index contributed by atoms with van der Waals surface area (Å²) in [4.78, 5) is 0. The molecule has 1 aliphatic rings. The molecule has 1 aliphatic carbocycles. The Morgan fingerprint density at radius 2 is 1.87 bits per heavy atom. The van der Waals surface area contributed by atoms with Crippen molar-refractivity contribution in [3.8, 4) is 0 Å². The molecule has 0 saturated heterocycles. The average molecular weight is 207 g/mol. The van der Waals surface area contributed by atoms with Gasteiger partial charge in [-0.15, -0.1) is 0 Å². The van der Waals surface area contributed by atoms with Crippen LogP contribution in [0.1, 0.15) is 36.8 Å². The number of rotatable bonds is 4. The summed E-state index contributed by atoms with van der Waals surface area (Å²) in [7, 11) is 0. The van der Waals surface area contributed by atoms with E-state index in [9.17, 15) is 4.39 Å². The standard InChI is InChI=1S/C13H18FN/c14-10-1-3-11-4-6-12(7-5-11)13(15)8-2-9-13/h4-7H,1-3,8-10,15H2. The molecule has 1 aromatic rings. The summed E-state index contributed by atoms with van der Waals surface area (Å²) in [6.45, 7) is -0.234. The van der Waals surface area contributed by atoms with Gasteiger partial charge in [-0.25, -0.2) is 0 Å². The van der Waals surface area contributed by atoms with Crippen LogP contribution in [0.15, 0.2) is 24.3 Å². The highest BCUT2D eigenvalue weighted by Crippen LogP contribution is 2.38. The average Bonchev–Trinajstić information content (AvgIpc) is 2.24. The highest BCUT2D eigenvalue weighted by molar-refractivity contribution is 5.30. The Hall–Kier alpha value is -0.890. The van der Waals surface area contributed by atoms with Gasteiger partial charge in [0.25, 0.3) is 0 Å². The van der Waals surface area contributed by atoms with Gasteiger partial charge in [0.1, 0.15) is 0 Å². The van der Waals surface area contributed by atoms with Crippen molar-refractivity contribution in [1.29, 1.82) is 0 Å². The Morgan fingerprint density at radius 3 is 2.33 bits per heavy atom. The maximum Gasteiger partial charge on any atom is 0.0897 e. The fraction of sp³-hybridized carbons (Fsp3) is 0.538. The van der Waals surface area contributed by atoms with Crippen LogP contribution in [0, 0.1) is 0 Å².